The quantitative estimate of drug-likeness (QED) is 0.723. The summed E-state index contributed by atoms with van der Waals surface area (Å²) in [4.78, 5) is 0. The van der Waals surface area contributed by atoms with Crippen LogP contribution in [-0.2, 0) is 0 Å². The number of hydrogen-bond donors (Lipinski definition) is 2. The normalized spacial score (nSPS) is 55.4. The monoisotopic (exact) mass is 316 g/mol. The zero-order valence-corrected chi connectivity index (χ0v) is 14.5. The number of fused-ring (bicyclic) bond motifs is 5. The van der Waals surface area contributed by atoms with Gasteiger partial charge in [-0.2, -0.15) is 0 Å². The van der Waals surface area contributed by atoms with Crippen molar-refractivity contribution in [2.75, 3.05) is 0 Å². The summed E-state index contributed by atoms with van der Waals surface area (Å²) in [6, 6.07) is 0. The summed E-state index contributed by atoms with van der Waals surface area (Å²) in [5, 5.41) is 21.2. The van der Waals surface area contributed by atoms with Crippen molar-refractivity contribution in [1.82, 2.24) is 0 Å². The van der Waals surface area contributed by atoms with E-state index in [0.29, 0.717) is 5.92 Å². The van der Waals surface area contributed by atoms with Gasteiger partial charge < -0.3 is 10.2 Å². The lowest BCUT2D eigenvalue weighted by atomic mass is 9.48. The van der Waals surface area contributed by atoms with Crippen LogP contribution >= 0.6 is 0 Å². The van der Waals surface area contributed by atoms with Crippen LogP contribution in [0, 0.1) is 47.3 Å². The number of aliphatic hydroxyl groups excluding tert-OH is 1. The Labute approximate surface area is 141 Å². The molecule has 0 spiro atoms. The molecule has 0 unspecified atom stereocenters. The second kappa shape index (κ2) is 5.50. The molecule has 23 heavy (non-hydrogen) atoms. The molecule has 0 radical (unpaired) electrons. The highest BCUT2D eigenvalue weighted by Gasteiger charge is 2.63. The van der Waals surface area contributed by atoms with Crippen molar-refractivity contribution in [3.05, 3.63) is 0 Å². The summed E-state index contributed by atoms with van der Waals surface area (Å²) < 4.78 is 0. The lowest BCUT2D eigenvalue weighted by molar-refractivity contribution is -0.121. The molecular formula is C21H32O2. The van der Waals surface area contributed by atoms with E-state index in [1.54, 1.807) is 0 Å². The predicted molar refractivity (Wildman–Crippen MR) is 91.5 cm³/mol. The minimum atomic E-state index is -0.864. The minimum absolute atomic E-state index is 0.0239. The summed E-state index contributed by atoms with van der Waals surface area (Å²) in [6.07, 6.45) is 16.9. The molecule has 4 saturated carbocycles. The Morgan fingerprint density at radius 2 is 1.78 bits per heavy atom. The van der Waals surface area contributed by atoms with Crippen molar-refractivity contribution >= 4 is 0 Å². The lowest BCUT2D eigenvalue weighted by Gasteiger charge is -2.57. The molecule has 4 fully saturated rings. The maximum atomic E-state index is 11.1. The van der Waals surface area contributed by atoms with Gasteiger partial charge in [0.25, 0.3) is 0 Å². The summed E-state index contributed by atoms with van der Waals surface area (Å²) in [5.41, 5.74) is -0.888. The highest BCUT2D eigenvalue weighted by molar-refractivity contribution is 5.24. The van der Waals surface area contributed by atoms with Gasteiger partial charge in [-0.25, -0.2) is 0 Å². The largest absolute Gasteiger partial charge is 0.393 e. The van der Waals surface area contributed by atoms with E-state index in [9.17, 15) is 10.2 Å². The van der Waals surface area contributed by atoms with Crippen LogP contribution in [0.3, 0.4) is 0 Å². The second-order valence-electron chi connectivity index (χ2n) is 8.99. The van der Waals surface area contributed by atoms with Crippen molar-refractivity contribution < 1.29 is 10.2 Å². The Morgan fingerprint density at radius 3 is 2.52 bits per heavy atom. The molecule has 0 aliphatic heterocycles. The fourth-order valence-corrected chi connectivity index (χ4v) is 7.61. The van der Waals surface area contributed by atoms with E-state index in [0.717, 1.165) is 62.2 Å². The van der Waals surface area contributed by atoms with Crippen LogP contribution in [0.4, 0.5) is 0 Å². The molecule has 4 aliphatic carbocycles. The second-order valence-corrected chi connectivity index (χ2v) is 8.99. The van der Waals surface area contributed by atoms with Crippen molar-refractivity contribution in [2.24, 2.45) is 35.0 Å². The lowest BCUT2D eigenvalue weighted by Crippen LogP contribution is -2.54. The van der Waals surface area contributed by atoms with Gasteiger partial charge in [0.15, 0.2) is 0 Å². The van der Waals surface area contributed by atoms with E-state index < -0.39 is 5.60 Å². The van der Waals surface area contributed by atoms with Crippen molar-refractivity contribution in [2.45, 2.75) is 82.8 Å². The maximum Gasteiger partial charge on any atom is 0.131 e. The van der Waals surface area contributed by atoms with Gasteiger partial charge in [0, 0.05) is 5.41 Å². The van der Waals surface area contributed by atoms with Crippen LogP contribution in [0.25, 0.3) is 0 Å². The highest BCUT2D eigenvalue weighted by Crippen LogP contribution is 2.66. The summed E-state index contributed by atoms with van der Waals surface area (Å²) in [6.45, 7) is 2.24. The third-order valence-electron chi connectivity index (χ3n) is 8.65. The van der Waals surface area contributed by atoms with Gasteiger partial charge in [0.2, 0.25) is 0 Å². The smallest absolute Gasteiger partial charge is 0.131 e. The molecule has 2 nitrogen and oxygen atoms in total. The highest BCUT2D eigenvalue weighted by atomic mass is 16.3. The number of hydrogen-bond acceptors (Lipinski definition) is 2. The molecule has 2 N–H and O–H groups in total. The fourth-order valence-electron chi connectivity index (χ4n) is 7.61. The summed E-state index contributed by atoms with van der Waals surface area (Å²) in [7, 11) is 0. The topological polar surface area (TPSA) is 40.5 Å². The van der Waals surface area contributed by atoms with Gasteiger partial charge in [0.05, 0.1) is 6.10 Å². The number of rotatable bonds is 1. The van der Waals surface area contributed by atoms with E-state index in [4.69, 9.17) is 6.42 Å². The van der Waals surface area contributed by atoms with Crippen molar-refractivity contribution in [1.29, 1.82) is 0 Å². The van der Waals surface area contributed by atoms with Crippen molar-refractivity contribution in [3.8, 4) is 12.3 Å². The molecule has 0 aromatic rings. The third-order valence-corrected chi connectivity index (χ3v) is 8.65. The van der Waals surface area contributed by atoms with E-state index in [1.165, 1.54) is 25.7 Å². The number of aliphatic hydroxyl groups is 2. The van der Waals surface area contributed by atoms with Gasteiger partial charge in [-0.15, -0.1) is 6.42 Å². The van der Waals surface area contributed by atoms with Gasteiger partial charge >= 0.3 is 0 Å². The Hall–Kier alpha value is -0.520. The predicted octanol–water partition coefficient (Wildman–Crippen LogP) is 3.75. The zero-order chi connectivity index (χ0) is 16.2. The summed E-state index contributed by atoms with van der Waals surface area (Å²) in [5.74, 6) is 6.61. The van der Waals surface area contributed by atoms with E-state index >= 15 is 0 Å². The van der Waals surface area contributed by atoms with Crippen LogP contribution < -0.4 is 0 Å². The first-order chi connectivity index (χ1) is 11.0. The molecule has 8 atom stereocenters. The Bertz CT molecular complexity index is 508. The average molecular weight is 316 g/mol. The first-order valence-electron chi connectivity index (χ1n) is 9.93. The molecule has 0 amide bonds. The molecule has 0 bridgehead atoms. The molecule has 0 aromatic carbocycles. The first-order valence-corrected chi connectivity index (χ1v) is 9.93. The van der Waals surface area contributed by atoms with Crippen molar-refractivity contribution in [3.63, 3.8) is 0 Å². The average Bonchev–Trinajstić information content (AvgIpc) is 2.88. The minimum Gasteiger partial charge on any atom is -0.393 e. The van der Waals surface area contributed by atoms with E-state index in [-0.39, 0.29) is 11.5 Å². The molecule has 0 saturated heterocycles. The van der Waals surface area contributed by atoms with Gasteiger partial charge in [-0.1, -0.05) is 12.8 Å². The van der Waals surface area contributed by atoms with E-state index in [2.05, 4.69) is 12.8 Å². The third kappa shape index (κ3) is 2.09. The van der Waals surface area contributed by atoms with Crippen LogP contribution in [0.5, 0.6) is 0 Å². The van der Waals surface area contributed by atoms with Crippen LogP contribution in [0.2, 0.25) is 0 Å². The molecular weight excluding hydrogens is 284 g/mol. The SMILES string of the molecule is C#C[C@]1(O)CC[C@H]2[C@@H]3CC[C@@H]4C[C@@H](O)CC[C@@H]4[C@H]3CC[C@@]21CC. The Kier molecular flexibility index (Phi) is 3.82. The molecule has 0 heterocycles. The molecule has 2 heteroatoms. The standard InChI is InChI=1S/C21H32O2/c1-3-20-11-9-17-16-8-6-15(22)13-14(16)5-7-18(17)19(20)10-12-21(20,23)4-2/h2,14-19,22-23H,3,5-13H2,1H3/t14-,15+,16+,17-,18-,19+,20+,21+/m1/s1. The molecule has 128 valence electrons. The maximum absolute atomic E-state index is 11.1. The Morgan fingerprint density at radius 1 is 1.00 bits per heavy atom. The van der Waals surface area contributed by atoms with Crippen LogP contribution in [-0.4, -0.2) is 21.9 Å². The molecule has 4 aliphatic rings. The van der Waals surface area contributed by atoms with Crippen LogP contribution in [0.1, 0.15) is 71.1 Å². The molecule has 0 aromatic heterocycles. The van der Waals surface area contributed by atoms with Crippen LogP contribution in [0.15, 0.2) is 0 Å². The van der Waals surface area contributed by atoms with Gasteiger partial charge in [-0.05, 0) is 93.8 Å². The Balaban J connectivity index is 1.62. The fraction of sp³-hybridized carbons (Fsp3) is 0.905. The van der Waals surface area contributed by atoms with Gasteiger partial charge in [0.1, 0.15) is 5.60 Å². The zero-order valence-electron chi connectivity index (χ0n) is 14.5. The van der Waals surface area contributed by atoms with E-state index in [1.807, 2.05) is 0 Å². The first kappa shape index (κ1) is 16.0. The summed E-state index contributed by atoms with van der Waals surface area (Å²) >= 11 is 0. The number of terminal acetylenes is 1. The molecule has 4 rings (SSSR count). The van der Waals surface area contributed by atoms with Gasteiger partial charge in [-0.3, -0.25) is 0 Å².